The second-order valence-corrected chi connectivity index (χ2v) is 14.9. The first kappa shape index (κ1) is 26.9. The van der Waals surface area contributed by atoms with E-state index in [1.165, 1.54) is 0 Å². The molecule has 5 aliphatic carbocycles. The van der Waals surface area contributed by atoms with Crippen LogP contribution in [0, 0.1) is 56.8 Å². The van der Waals surface area contributed by atoms with Crippen LogP contribution in [-0.4, -0.2) is 17.5 Å². The van der Waals surface area contributed by atoms with Crippen molar-refractivity contribution in [2.45, 2.75) is 93.4 Å². The number of amides is 1. The van der Waals surface area contributed by atoms with Crippen LogP contribution >= 0.6 is 0 Å². The van der Waals surface area contributed by atoms with Gasteiger partial charge in [-0.05, 0) is 89.7 Å². The number of hydrogen-bond donors (Lipinski definition) is 0. The molecule has 0 aromatic carbocycles. The molecule has 7 atom stereocenters. The Balaban J connectivity index is 1.71. The highest BCUT2D eigenvalue weighted by atomic mass is 16.2. The Hall–Kier alpha value is -2.71. The van der Waals surface area contributed by atoms with E-state index >= 15 is 0 Å². The number of fused-ring (bicyclic) bond motifs is 7. The standard InChI is InChI=1S/C31H40N4O3/c1-26(2)11-13-31(25(38)34-35-32)14-12-30(7)23(18(31)16-26)20(36)15-22-28(5)17-19(33-8)24(37)27(3,4)21(28)9-10-29(22,30)6/h15,17-18,21,23H,9-14,16H2,1-7H3/t18-,21-,23-,28-,29+,30+,31-/m0/s1. The quantitative estimate of drug-likeness (QED) is 0.157. The molecule has 5 aliphatic rings. The molecule has 202 valence electrons. The van der Waals surface area contributed by atoms with Gasteiger partial charge in [0.15, 0.2) is 11.6 Å². The van der Waals surface area contributed by atoms with Crippen LogP contribution in [0.3, 0.4) is 0 Å². The van der Waals surface area contributed by atoms with Gasteiger partial charge in [-0.2, -0.15) is 0 Å². The lowest BCUT2D eigenvalue weighted by atomic mass is 9.34. The Kier molecular flexibility index (Phi) is 5.60. The molecule has 5 rings (SSSR count). The lowest BCUT2D eigenvalue weighted by Gasteiger charge is -2.69. The molecule has 0 aromatic heterocycles. The van der Waals surface area contributed by atoms with Gasteiger partial charge in [-0.1, -0.05) is 60.1 Å². The SMILES string of the molecule is [C-]#[N+]C1=C[C@]2(C)C3=CC(=O)[C@@H]4[C@@H]5CC(C)(C)CC[C@]5(C(=O)N=[N+]=[N-])CC[C@@]4(C)[C@]3(C)CC[C@H]2C(C)(C)C1=O. The first-order valence-corrected chi connectivity index (χ1v) is 14.1. The number of hydrogen-bond acceptors (Lipinski definition) is 3. The summed E-state index contributed by atoms with van der Waals surface area (Å²) in [5.74, 6) is -0.977. The average molecular weight is 517 g/mol. The first-order chi connectivity index (χ1) is 17.5. The molecule has 0 bridgehead atoms. The summed E-state index contributed by atoms with van der Waals surface area (Å²) in [6.45, 7) is 22.7. The minimum absolute atomic E-state index is 0.00288. The van der Waals surface area contributed by atoms with Gasteiger partial charge < -0.3 is 4.79 Å². The van der Waals surface area contributed by atoms with Gasteiger partial charge in [-0.3, -0.25) is 9.59 Å². The molecule has 0 radical (unpaired) electrons. The maximum absolute atomic E-state index is 14.4. The Morgan fingerprint density at radius 1 is 1.03 bits per heavy atom. The van der Waals surface area contributed by atoms with Gasteiger partial charge in [0, 0.05) is 27.1 Å². The van der Waals surface area contributed by atoms with E-state index in [0.717, 1.165) is 31.3 Å². The minimum Gasteiger partial charge on any atom is -0.307 e. The maximum atomic E-state index is 14.4. The Morgan fingerprint density at radius 3 is 2.32 bits per heavy atom. The van der Waals surface area contributed by atoms with Crippen LogP contribution in [0.25, 0.3) is 15.3 Å². The molecule has 0 aromatic rings. The van der Waals surface area contributed by atoms with Gasteiger partial charge in [-0.25, -0.2) is 4.85 Å². The third-order valence-corrected chi connectivity index (χ3v) is 12.4. The summed E-state index contributed by atoms with van der Waals surface area (Å²) in [5, 5.41) is 3.61. The van der Waals surface area contributed by atoms with Crippen molar-refractivity contribution >= 4 is 17.5 Å². The van der Waals surface area contributed by atoms with Crippen LogP contribution in [-0.2, 0) is 14.4 Å². The molecular formula is C31H40N4O3. The lowest BCUT2D eigenvalue weighted by molar-refractivity contribution is -0.176. The van der Waals surface area contributed by atoms with E-state index in [4.69, 9.17) is 12.1 Å². The van der Waals surface area contributed by atoms with E-state index in [0.29, 0.717) is 19.3 Å². The van der Waals surface area contributed by atoms with Crippen molar-refractivity contribution in [2.75, 3.05) is 0 Å². The molecule has 1 amide bonds. The van der Waals surface area contributed by atoms with Crippen molar-refractivity contribution in [3.63, 3.8) is 0 Å². The molecule has 3 fully saturated rings. The van der Waals surface area contributed by atoms with E-state index in [1.807, 2.05) is 26.0 Å². The molecule has 0 saturated heterocycles. The molecule has 3 saturated carbocycles. The van der Waals surface area contributed by atoms with Crippen LogP contribution in [0.4, 0.5) is 0 Å². The predicted octanol–water partition coefficient (Wildman–Crippen LogP) is 7.40. The fraction of sp³-hybridized carbons (Fsp3) is 0.742. The highest BCUT2D eigenvalue weighted by Crippen LogP contribution is 2.74. The number of carbonyl (C=O) groups excluding carboxylic acids is 3. The summed E-state index contributed by atoms with van der Waals surface area (Å²) >= 11 is 0. The number of azide groups is 1. The third-order valence-electron chi connectivity index (χ3n) is 12.4. The molecule has 7 nitrogen and oxygen atoms in total. The highest BCUT2D eigenvalue weighted by Gasteiger charge is 2.70. The average Bonchev–Trinajstić information content (AvgIpc) is 2.82. The summed E-state index contributed by atoms with van der Waals surface area (Å²) in [4.78, 5) is 47.5. The molecule has 0 heterocycles. The summed E-state index contributed by atoms with van der Waals surface area (Å²) < 4.78 is 0. The van der Waals surface area contributed by atoms with Crippen LogP contribution in [0.1, 0.15) is 93.4 Å². The summed E-state index contributed by atoms with van der Waals surface area (Å²) in [7, 11) is 0. The Labute approximate surface area is 225 Å². The van der Waals surface area contributed by atoms with Gasteiger partial charge in [0.25, 0.3) is 0 Å². The van der Waals surface area contributed by atoms with E-state index in [9.17, 15) is 14.4 Å². The van der Waals surface area contributed by atoms with E-state index < -0.39 is 27.6 Å². The number of nitrogens with zero attached hydrogens (tertiary/aromatic N) is 4. The largest absolute Gasteiger partial charge is 0.307 e. The number of ketones is 2. The fourth-order valence-corrected chi connectivity index (χ4v) is 10.1. The topological polar surface area (TPSA) is 104 Å². The normalized spacial score (nSPS) is 44.5. The van der Waals surface area contributed by atoms with Crippen molar-refractivity contribution < 1.29 is 14.4 Å². The van der Waals surface area contributed by atoms with E-state index in [-0.39, 0.29) is 45.8 Å². The molecule has 0 N–H and O–H groups in total. The highest BCUT2D eigenvalue weighted by molar-refractivity contribution is 6.03. The number of rotatable bonds is 1. The van der Waals surface area contributed by atoms with Gasteiger partial charge in [0.1, 0.15) is 0 Å². The van der Waals surface area contributed by atoms with Crippen LogP contribution in [0.2, 0.25) is 0 Å². The lowest BCUT2D eigenvalue weighted by Crippen LogP contribution is -2.65. The number of carbonyl (C=O) groups is 3. The molecule has 0 unspecified atom stereocenters. The van der Waals surface area contributed by atoms with Crippen molar-refractivity contribution in [3.05, 3.63) is 45.3 Å². The van der Waals surface area contributed by atoms with E-state index in [1.54, 1.807) is 0 Å². The molecule has 7 heteroatoms. The number of Topliss-reactive ketones (excluding diaryl/α,β-unsaturated/α-hetero) is 1. The molecule has 38 heavy (non-hydrogen) atoms. The molecule has 0 aliphatic heterocycles. The van der Waals surface area contributed by atoms with Crippen molar-refractivity contribution in [1.82, 2.24) is 0 Å². The fourth-order valence-electron chi connectivity index (χ4n) is 10.1. The first-order valence-electron chi connectivity index (χ1n) is 14.1. The van der Waals surface area contributed by atoms with Crippen molar-refractivity contribution in [3.8, 4) is 0 Å². The molecule has 0 spiro atoms. The Morgan fingerprint density at radius 2 is 1.68 bits per heavy atom. The molecular weight excluding hydrogens is 476 g/mol. The van der Waals surface area contributed by atoms with Gasteiger partial charge >= 0.3 is 0 Å². The summed E-state index contributed by atoms with van der Waals surface area (Å²) in [6.07, 6.45) is 8.95. The van der Waals surface area contributed by atoms with Crippen LogP contribution < -0.4 is 0 Å². The van der Waals surface area contributed by atoms with Crippen LogP contribution in [0.15, 0.2) is 28.5 Å². The third kappa shape index (κ3) is 3.13. The van der Waals surface area contributed by atoms with Gasteiger partial charge in [0.2, 0.25) is 11.6 Å². The number of allylic oxidation sites excluding steroid dienone is 4. The zero-order valence-electron chi connectivity index (χ0n) is 23.9. The maximum Gasteiger partial charge on any atom is 0.226 e. The zero-order chi connectivity index (χ0) is 28.1. The smallest absolute Gasteiger partial charge is 0.226 e. The monoisotopic (exact) mass is 516 g/mol. The predicted molar refractivity (Wildman–Crippen MR) is 144 cm³/mol. The zero-order valence-corrected chi connectivity index (χ0v) is 23.9. The summed E-state index contributed by atoms with van der Waals surface area (Å²) in [6, 6.07) is 0. The second kappa shape index (κ2) is 7.92. The minimum atomic E-state index is -0.791. The van der Waals surface area contributed by atoms with Crippen molar-refractivity contribution in [2.24, 2.45) is 55.4 Å². The Bertz CT molecular complexity index is 1310. The van der Waals surface area contributed by atoms with Crippen LogP contribution in [0.5, 0.6) is 0 Å². The van der Waals surface area contributed by atoms with Crippen molar-refractivity contribution in [1.29, 1.82) is 0 Å². The van der Waals surface area contributed by atoms with Gasteiger partial charge in [-0.15, -0.1) is 0 Å². The summed E-state index contributed by atoms with van der Waals surface area (Å²) in [5.41, 5.74) is 7.58. The second-order valence-electron chi connectivity index (χ2n) is 14.9. The van der Waals surface area contributed by atoms with Gasteiger partial charge in [0.05, 0.1) is 6.57 Å². The van der Waals surface area contributed by atoms with E-state index in [2.05, 4.69) is 49.5 Å².